The molecule has 2 atom stereocenters. The topological polar surface area (TPSA) is 64.2 Å². The molecule has 1 aromatic heterocycles. The Balaban J connectivity index is 1.84. The van der Waals surface area contributed by atoms with Gasteiger partial charge in [0, 0.05) is 25.3 Å². The van der Waals surface area contributed by atoms with E-state index >= 15 is 0 Å². The minimum absolute atomic E-state index is 0.0156. The van der Waals surface area contributed by atoms with Gasteiger partial charge in [0.1, 0.15) is 0 Å². The molecule has 1 saturated heterocycles. The number of hydrogen-bond donors (Lipinski definition) is 1. The van der Waals surface area contributed by atoms with Gasteiger partial charge < -0.3 is 10.6 Å². The van der Waals surface area contributed by atoms with Crippen LogP contribution in [0.1, 0.15) is 36.7 Å². The highest BCUT2D eigenvalue weighted by atomic mass is 16.2. The summed E-state index contributed by atoms with van der Waals surface area (Å²) in [6.45, 7) is 3.62. The van der Waals surface area contributed by atoms with Crippen LogP contribution in [0.5, 0.6) is 0 Å². The van der Waals surface area contributed by atoms with Crippen LogP contribution in [0.2, 0.25) is 0 Å². The maximum Gasteiger partial charge on any atom is 0.276 e. The molecular weight excluding hydrogens is 216 g/mol. The van der Waals surface area contributed by atoms with Crippen molar-refractivity contribution in [3.63, 3.8) is 0 Å². The number of rotatable bonds is 2. The number of likely N-dealkylation sites (tertiary alicyclic amines) is 1. The molecule has 5 heteroatoms. The molecule has 0 spiro atoms. The zero-order valence-corrected chi connectivity index (χ0v) is 10.1. The molecule has 2 bridgehead atoms. The molecular formula is C12H18N4O. The summed E-state index contributed by atoms with van der Waals surface area (Å²) in [7, 11) is 0. The molecule has 17 heavy (non-hydrogen) atoms. The van der Waals surface area contributed by atoms with Gasteiger partial charge in [-0.15, -0.1) is 0 Å². The number of piperidine rings is 1. The van der Waals surface area contributed by atoms with E-state index in [4.69, 9.17) is 5.73 Å². The SMILES string of the molecule is CCn1cc(N)c(C(=O)N2CC3CCC2C3)n1. The second-order valence-electron chi connectivity index (χ2n) is 5.08. The summed E-state index contributed by atoms with van der Waals surface area (Å²) in [6.07, 6.45) is 5.32. The van der Waals surface area contributed by atoms with Crippen LogP contribution in [0.3, 0.4) is 0 Å². The van der Waals surface area contributed by atoms with E-state index in [0.29, 0.717) is 23.3 Å². The van der Waals surface area contributed by atoms with Gasteiger partial charge in [0.25, 0.3) is 5.91 Å². The molecule has 1 saturated carbocycles. The third-order valence-corrected chi connectivity index (χ3v) is 3.99. The molecule has 3 rings (SSSR count). The maximum atomic E-state index is 12.4. The zero-order chi connectivity index (χ0) is 12.0. The number of hydrogen-bond acceptors (Lipinski definition) is 3. The smallest absolute Gasteiger partial charge is 0.276 e. The number of carbonyl (C=O) groups is 1. The van der Waals surface area contributed by atoms with Crippen molar-refractivity contribution in [3.8, 4) is 0 Å². The number of carbonyl (C=O) groups excluding carboxylic acids is 1. The first-order valence-electron chi connectivity index (χ1n) is 6.33. The first-order valence-corrected chi connectivity index (χ1v) is 6.33. The lowest BCUT2D eigenvalue weighted by Gasteiger charge is -2.26. The standard InChI is InChI=1S/C12H18N4O/c1-2-15-7-10(13)11(14-15)12(17)16-6-8-3-4-9(16)5-8/h7-9H,2-6,13H2,1H3. The summed E-state index contributed by atoms with van der Waals surface area (Å²) in [4.78, 5) is 14.3. The fourth-order valence-electron chi connectivity index (χ4n) is 3.07. The van der Waals surface area contributed by atoms with Crippen LogP contribution in [0.25, 0.3) is 0 Å². The van der Waals surface area contributed by atoms with Gasteiger partial charge in [0.05, 0.1) is 5.69 Å². The lowest BCUT2D eigenvalue weighted by Crippen LogP contribution is -2.38. The van der Waals surface area contributed by atoms with E-state index in [1.807, 2.05) is 11.8 Å². The van der Waals surface area contributed by atoms with E-state index in [1.54, 1.807) is 10.9 Å². The molecule has 0 aromatic carbocycles. The largest absolute Gasteiger partial charge is 0.396 e. The van der Waals surface area contributed by atoms with Crippen LogP contribution >= 0.6 is 0 Å². The fourth-order valence-corrected chi connectivity index (χ4v) is 3.07. The average molecular weight is 234 g/mol. The van der Waals surface area contributed by atoms with Crippen LogP contribution in [0, 0.1) is 5.92 Å². The van der Waals surface area contributed by atoms with Gasteiger partial charge >= 0.3 is 0 Å². The van der Waals surface area contributed by atoms with E-state index in [0.717, 1.165) is 19.5 Å². The first-order chi connectivity index (χ1) is 8.19. The molecule has 1 aliphatic heterocycles. The third-order valence-electron chi connectivity index (χ3n) is 3.99. The van der Waals surface area contributed by atoms with Crippen LogP contribution in [-0.4, -0.2) is 33.2 Å². The van der Waals surface area contributed by atoms with Gasteiger partial charge in [-0.3, -0.25) is 9.48 Å². The predicted molar refractivity (Wildman–Crippen MR) is 64.5 cm³/mol. The van der Waals surface area contributed by atoms with Crippen molar-refractivity contribution in [2.24, 2.45) is 5.92 Å². The minimum Gasteiger partial charge on any atom is -0.396 e. The minimum atomic E-state index is 0.0156. The van der Waals surface area contributed by atoms with Crippen molar-refractivity contribution in [2.45, 2.75) is 38.8 Å². The summed E-state index contributed by atoms with van der Waals surface area (Å²) in [5.74, 6) is 0.723. The number of amides is 1. The normalized spacial score (nSPS) is 26.8. The molecule has 1 aliphatic carbocycles. The van der Waals surface area contributed by atoms with Crippen LogP contribution in [-0.2, 0) is 6.54 Å². The molecule has 2 aliphatic rings. The highest BCUT2D eigenvalue weighted by Crippen LogP contribution is 2.38. The summed E-state index contributed by atoms with van der Waals surface area (Å²) >= 11 is 0. The molecule has 2 fully saturated rings. The Morgan fingerprint density at radius 1 is 1.59 bits per heavy atom. The Morgan fingerprint density at radius 3 is 2.94 bits per heavy atom. The van der Waals surface area contributed by atoms with Gasteiger partial charge in [0.15, 0.2) is 5.69 Å². The lowest BCUT2D eigenvalue weighted by atomic mass is 10.1. The van der Waals surface area contributed by atoms with E-state index < -0.39 is 0 Å². The van der Waals surface area contributed by atoms with Gasteiger partial charge in [0.2, 0.25) is 0 Å². The highest BCUT2D eigenvalue weighted by molar-refractivity contribution is 5.97. The number of anilines is 1. The monoisotopic (exact) mass is 234 g/mol. The van der Waals surface area contributed by atoms with Crippen LogP contribution < -0.4 is 5.73 Å². The number of aromatic nitrogens is 2. The lowest BCUT2D eigenvalue weighted by molar-refractivity contribution is 0.0697. The van der Waals surface area contributed by atoms with Gasteiger partial charge in [-0.2, -0.15) is 5.10 Å². The second-order valence-corrected chi connectivity index (χ2v) is 5.08. The molecule has 5 nitrogen and oxygen atoms in total. The fraction of sp³-hybridized carbons (Fsp3) is 0.667. The van der Waals surface area contributed by atoms with E-state index in [1.165, 1.54) is 12.8 Å². The number of nitrogens with two attached hydrogens (primary N) is 1. The third kappa shape index (κ3) is 1.61. The average Bonchev–Trinajstić information content (AvgIpc) is 3.01. The Morgan fingerprint density at radius 2 is 2.41 bits per heavy atom. The Labute approximate surface area is 101 Å². The first kappa shape index (κ1) is 10.6. The number of aryl methyl sites for hydroxylation is 1. The van der Waals surface area contributed by atoms with Gasteiger partial charge in [-0.05, 0) is 32.1 Å². The maximum absolute atomic E-state index is 12.4. The van der Waals surface area contributed by atoms with E-state index in [-0.39, 0.29) is 5.91 Å². The van der Waals surface area contributed by atoms with Gasteiger partial charge in [-0.25, -0.2) is 0 Å². The van der Waals surface area contributed by atoms with Crippen molar-refractivity contribution in [1.29, 1.82) is 0 Å². The Kier molecular flexibility index (Phi) is 2.34. The zero-order valence-electron chi connectivity index (χ0n) is 10.1. The molecule has 2 N–H and O–H groups in total. The molecule has 2 unspecified atom stereocenters. The van der Waals surface area contributed by atoms with Gasteiger partial charge in [-0.1, -0.05) is 0 Å². The Bertz CT molecular complexity index is 453. The van der Waals surface area contributed by atoms with Crippen LogP contribution in [0.15, 0.2) is 6.20 Å². The van der Waals surface area contributed by atoms with Crippen molar-refractivity contribution in [1.82, 2.24) is 14.7 Å². The number of fused-ring (bicyclic) bond motifs is 2. The van der Waals surface area contributed by atoms with Crippen LogP contribution in [0.4, 0.5) is 5.69 Å². The number of nitrogens with zero attached hydrogens (tertiary/aromatic N) is 3. The van der Waals surface area contributed by atoms with Crippen molar-refractivity contribution in [3.05, 3.63) is 11.9 Å². The summed E-state index contributed by atoms with van der Waals surface area (Å²) in [5, 5.41) is 4.26. The quantitative estimate of drug-likeness (QED) is 0.833. The summed E-state index contributed by atoms with van der Waals surface area (Å²) in [5.41, 5.74) is 6.78. The molecule has 2 heterocycles. The van der Waals surface area contributed by atoms with Crippen molar-refractivity contribution in [2.75, 3.05) is 12.3 Å². The predicted octanol–water partition coefficient (Wildman–Crippen LogP) is 1.11. The highest BCUT2D eigenvalue weighted by Gasteiger charge is 2.41. The van der Waals surface area contributed by atoms with E-state index in [9.17, 15) is 4.79 Å². The van der Waals surface area contributed by atoms with Crippen molar-refractivity contribution < 1.29 is 4.79 Å². The summed E-state index contributed by atoms with van der Waals surface area (Å²) < 4.78 is 1.72. The van der Waals surface area contributed by atoms with Crippen molar-refractivity contribution >= 4 is 11.6 Å². The summed E-state index contributed by atoms with van der Waals surface area (Å²) in [6, 6.07) is 0.429. The molecule has 0 radical (unpaired) electrons. The van der Waals surface area contributed by atoms with E-state index in [2.05, 4.69) is 5.10 Å². The Hall–Kier alpha value is -1.52. The number of nitrogen functional groups attached to an aromatic ring is 1. The molecule has 1 aromatic rings. The molecule has 92 valence electrons. The second kappa shape index (κ2) is 3.75. The molecule has 1 amide bonds.